The number of aromatic nitrogens is 4. The highest BCUT2D eigenvalue weighted by Gasteiger charge is 2.27. The SMILES string of the molecule is C=CC(=O)N1CCN(c2nc(OCCCN3CCOCC3)nc3c(F)c(-c4c(C)ccc5[nH]ncc45)c(Cl)cc23)CC1. The molecule has 0 radical (unpaired) electrons. The number of amides is 1. The lowest BCUT2D eigenvalue weighted by Crippen LogP contribution is -2.48. The van der Waals surface area contributed by atoms with Gasteiger partial charge < -0.3 is 19.3 Å². The van der Waals surface area contributed by atoms with Crippen LogP contribution in [0.15, 0.2) is 37.1 Å². The largest absolute Gasteiger partial charge is 0.463 e. The molecule has 6 rings (SSSR count). The Kier molecular flexibility index (Phi) is 8.23. The Labute approximate surface area is 248 Å². The molecule has 0 atom stereocenters. The number of piperazine rings is 1. The van der Waals surface area contributed by atoms with Crippen molar-refractivity contribution in [2.24, 2.45) is 0 Å². The van der Waals surface area contributed by atoms with Gasteiger partial charge in [0.05, 0.1) is 36.6 Å². The summed E-state index contributed by atoms with van der Waals surface area (Å²) in [5.41, 5.74) is 2.70. The van der Waals surface area contributed by atoms with E-state index in [2.05, 4.69) is 26.7 Å². The van der Waals surface area contributed by atoms with Crippen molar-refractivity contribution >= 4 is 45.1 Å². The number of hydrogen-bond donors (Lipinski definition) is 1. The summed E-state index contributed by atoms with van der Waals surface area (Å²) in [4.78, 5) is 27.5. The number of nitrogens with one attached hydrogen (secondary N) is 1. The number of benzene rings is 2. The maximum atomic E-state index is 16.6. The Morgan fingerprint density at radius 2 is 1.93 bits per heavy atom. The molecule has 0 spiro atoms. The third-order valence-electron chi connectivity index (χ3n) is 7.94. The van der Waals surface area contributed by atoms with Crippen LogP contribution in [0.25, 0.3) is 32.9 Å². The minimum absolute atomic E-state index is 0.106. The highest BCUT2D eigenvalue weighted by molar-refractivity contribution is 6.35. The molecule has 42 heavy (non-hydrogen) atoms. The van der Waals surface area contributed by atoms with Crippen LogP contribution in [-0.2, 0) is 9.53 Å². The molecule has 0 saturated carbocycles. The Morgan fingerprint density at radius 3 is 2.69 bits per heavy atom. The van der Waals surface area contributed by atoms with E-state index in [-0.39, 0.29) is 28.0 Å². The van der Waals surface area contributed by atoms with E-state index < -0.39 is 5.82 Å². The van der Waals surface area contributed by atoms with Gasteiger partial charge in [-0.25, -0.2) is 4.39 Å². The Morgan fingerprint density at radius 1 is 1.14 bits per heavy atom. The van der Waals surface area contributed by atoms with Crippen molar-refractivity contribution < 1.29 is 18.7 Å². The molecule has 0 aliphatic carbocycles. The number of carbonyl (C=O) groups excluding carboxylic acids is 1. The molecule has 220 valence electrons. The summed E-state index contributed by atoms with van der Waals surface area (Å²) in [7, 11) is 0. The van der Waals surface area contributed by atoms with E-state index >= 15 is 4.39 Å². The molecule has 2 fully saturated rings. The normalized spacial score (nSPS) is 16.4. The third kappa shape index (κ3) is 5.51. The lowest BCUT2D eigenvalue weighted by molar-refractivity contribution is -0.126. The molecule has 0 bridgehead atoms. The Balaban J connectivity index is 1.38. The van der Waals surface area contributed by atoms with E-state index in [1.165, 1.54) is 6.08 Å². The molecule has 2 saturated heterocycles. The first-order valence-electron chi connectivity index (χ1n) is 14.2. The van der Waals surface area contributed by atoms with Crippen molar-refractivity contribution in [1.29, 1.82) is 0 Å². The van der Waals surface area contributed by atoms with Gasteiger partial charge in [-0.1, -0.05) is 24.2 Å². The zero-order valence-corrected chi connectivity index (χ0v) is 24.3. The van der Waals surface area contributed by atoms with Gasteiger partial charge in [0, 0.05) is 67.7 Å². The van der Waals surface area contributed by atoms with Gasteiger partial charge in [0.2, 0.25) is 5.91 Å². The van der Waals surface area contributed by atoms with E-state index in [0.29, 0.717) is 49.6 Å². The van der Waals surface area contributed by atoms with Crippen LogP contribution in [0.4, 0.5) is 10.2 Å². The molecule has 2 aromatic carbocycles. The highest BCUT2D eigenvalue weighted by Crippen LogP contribution is 2.42. The molecule has 12 heteroatoms. The number of rotatable bonds is 8. The second-order valence-electron chi connectivity index (χ2n) is 10.5. The number of ether oxygens (including phenoxy) is 2. The summed E-state index contributed by atoms with van der Waals surface area (Å²) in [5, 5.41) is 8.61. The van der Waals surface area contributed by atoms with Crippen LogP contribution in [0, 0.1) is 12.7 Å². The number of carbonyl (C=O) groups is 1. The van der Waals surface area contributed by atoms with Gasteiger partial charge in [0.25, 0.3) is 0 Å². The quantitative estimate of drug-likeness (QED) is 0.240. The van der Waals surface area contributed by atoms with Gasteiger partial charge in [-0.05, 0) is 37.1 Å². The summed E-state index contributed by atoms with van der Waals surface area (Å²) in [6.45, 7) is 12.0. The van der Waals surface area contributed by atoms with Crippen LogP contribution in [0.5, 0.6) is 6.01 Å². The molecule has 0 unspecified atom stereocenters. The molecule has 1 amide bonds. The number of H-pyrrole nitrogens is 1. The smallest absolute Gasteiger partial charge is 0.319 e. The number of aromatic amines is 1. The fourth-order valence-corrected chi connectivity index (χ4v) is 5.98. The van der Waals surface area contributed by atoms with Crippen LogP contribution in [-0.4, -0.2) is 102 Å². The fraction of sp³-hybridized carbons (Fsp3) is 0.400. The van der Waals surface area contributed by atoms with Crippen molar-refractivity contribution in [1.82, 2.24) is 30.0 Å². The van der Waals surface area contributed by atoms with Gasteiger partial charge in [0.1, 0.15) is 11.3 Å². The van der Waals surface area contributed by atoms with E-state index in [1.54, 1.807) is 17.2 Å². The number of aryl methyl sites for hydroxylation is 1. The van der Waals surface area contributed by atoms with Gasteiger partial charge in [0.15, 0.2) is 5.82 Å². The number of nitrogens with zero attached hydrogens (tertiary/aromatic N) is 6. The van der Waals surface area contributed by atoms with Crippen molar-refractivity contribution in [2.45, 2.75) is 13.3 Å². The lowest BCUT2D eigenvalue weighted by atomic mass is 9.95. The third-order valence-corrected chi connectivity index (χ3v) is 8.24. The first-order valence-corrected chi connectivity index (χ1v) is 14.5. The molecule has 10 nitrogen and oxygen atoms in total. The first kappa shape index (κ1) is 28.3. The maximum absolute atomic E-state index is 16.6. The fourth-order valence-electron chi connectivity index (χ4n) is 5.70. The molecular formula is C30H33ClFN7O3. The molecule has 4 aromatic rings. The van der Waals surface area contributed by atoms with Crippen LogP contribution >= 0.6 is 11.6 Å². The van der Waals surface area contributed by atoms with Gasteiger partial charge >= 0.3 is 6.01 Å². The van der Waals surface area contributed by atoms with E-state index in [9.17, 15) is 4.79 Å². The summed E-state index contributed by atoms with van der Waals surface area (Å²) >= 11 is 6.84. The lowest BCUT2D eigenvalue weighted by Gasteiger charge is -2.35. The van der Waals surface area contributed by atoms with Crippen molar-refractivity contribution in [3.63, 3.8) is 0 Å². The Bertz CT molecular complexity index is 1630. The molecule has 2 aliphatic heterocycles. The molecule has 2 aliphatic rings. The van der Waals surface area contributed by atoms with Crippen LogP contribution < -0.4 is 9.64 Å². The summed E-state index contributed by atoms with van der Waals surface area (Å²) in [5.74, 6) is -0.134. The van der Waals surface area contributed by atoms with Gasteiger partial charge in [-0.2, -0.15) is 15.1 Å². The average Bonchev–Trinajstić information content (AvgIpc) is 3.49. The minimum Gasteiger partial charge on any atom is -0.463 e. The number of anilines is 1. The predicted molar refractivity (Wildman–Crippen MR) is 161 cm³/mol. The first-order chi connectivity index (χ1) is 20.4. The molecule has 4 heterocycles. The standard InChI is InChI=1S/C30H33ClFN7O3/c1-3-24(40)38-8-10-39(11-9-38)29-20-17-22(31)26(25-19(2)5-6-23-21(25)18-33-36-23)27(32)28(20)34-30(35-29)42-14-4-7-37-12-15-41-16-13-37/h3,5-6,17-18H,1,4,7-16H2,2H3,(H,33,36). The number of hydrogen-bond acceptors (Lipinski definition) is 8. The van der Waals surface area contributed by atoms with Gasteiger partial charge in [-0.15, -0.1) is 0 Å². The monoisotopic (exact) mass is 593 g/mol. The highest BCUT2D eigenvalue weighted by atomic mass is 35.5. The molecule has 2 aromatic heterocycles. The van der Waals surface area contributed by atoms with E-state index in [1.807, 2.05) is 24.0 Å². The van der Waals surface area contributed by atoms with Crippen molar-refractivity contribution in [3.8, 4) is 17.1 Å². The maximum Gasteiger partial charge on any atom is 0.319 e. The average molecular weight is 594 g/mol. The summed E-state index contributed by atoms with van der Waals surface area (Å²) in [6.07, 6.45) is 3.77. The van der Waals surface area contributed by atoms with E-state index in [0.717, 1.165) is 55.7 Å². The predicted octanol–water partition coefficient (Wildman–Crippen LogP) is 4.21. The number of morpholine rings is 1. The summed E-state index contributed by atoms with van der Waals surface area (Å²) in [6, 6.07) is 5.66. The second-order valence-corrected chi connectivity index (χ2v) is 10.9. The Hall–Kier alpha value is -3.80. The minimum atomic E-state index is -0.545. The zero-order chi connectivity index (χ0) is 29.2. The van der Waals surface area contributed by atoms with Crippen LogP contribution in [0.1, 0.15) is 12.0 Å². The molecule has 1 N–H and O–H groups in total. The van der Waals surface area contributed by atoms with Crippen LogP contribution in [0.3, 0.4) is 0 Å². The van der Waals surface area contributed by atoms with Gasteiger partial charge in [-0.3, -0.25) is 14.8 Å². The topological polar surface area (TPSA) is 99.7 Å². The molecular weight excluding hydrogens is 561 g/mol. The van der Waals surface area contributed by atoms with Crippen LogP contribution in [0.2, 0.25) is 5.02 Å². The van der Waals surface area contributed by atoms with Crippen molar-refractivity contribution in [3.05, 3.63) is 53.5 Å². The zero-order valence-electron chi connectivity index (χ0n) is 23.5. The van der Waals surface area contributed by atoms with E-state index in [4.69, 9.17) is 26.1 Å². The second kappa shape index (κ2) is 12.2. The number of fused-ring (bicyclic) bond motifs is 2. The number of halogens is 2. The van der Waals surface area contributed by atoms with Crippen molar-refractivity contribution in [2.75, 3.05) is 70.5 Å². The summed E-state index contributed by atoms with van der Waals surface area (Å²) < 4.78 is 28.1.